The summed E-state index contributed by atoms with van der Waals surface area (Å²) >= 11 is 3.36. The predicted octanol–water partition coefficient (Wildman–Crippen LogP) is 15.7. The monoisotopic (exact) mass is 1200 g/mol. The van der Waals surface area contributed by atoms with Gasteiger partial charge in [0.2, 0.25) is 0 Å². The highest BCUT2D eigenvalue weighted by Crippen LogP contribution is 2.36. The van der Waals surface area contributed by atoms with Crippen LogP contribution in [0.2, 0.25) is 0 Å². The topological polar surface area (TPSA) is 74.1 Å². The van der Waals surface area contributed by atoms with E-state index in [1.807, 2.05) is 177 Å². The third kappa shape index (κ3) is 17.3. The Labute approximate surface area is 501 Å². The van der Waals surface area contributed by atoms with E-state index in [-0.39, 0.29) is 23.2 Å². The second-order valence-electron chi connectivity index (χ2n) is 21.5. The number of likely N-dealkylation sites (N-methyl/N-ethyl adjacent to an activating group) is 3. The molecular weight excluding hydrogens is 1120 g/mol. The van der Waals surface area contributed by atoms with Gasteiger partial charge in [-0.15, -0.1) is 0 Å². The standard InChI is InChI=1S/C26H27FN2O.2C19H21FN2O.C7H7Br/c1-28(2)16-15-22-18-29(17-20-9-5-3-6-10-20)26-23(27)13-14-24(25(22)26)30-19-21-11-7-4-8-12-21;1-22(2)11-10-15-12-21-19-16(20)8-9-17(18(15)19)23-13-14-6-4-3-5-7-14;1-21(2)11-10-15-13-22(12-14-6-4-3-5-7-14)19-16(20)8-9-17(23)18(15)19;8-6-7-4-2-1-3-5-7/h3-14,18H,15-17,19H2,1-2H3;3-9,12,21H,10-11,13H2,1-2H3;3-9,13,23H,10-12H2,1-2H3;1-5H,6H2. The van der Waals surface area contributed by atoms with Crippen molar-refractivity contribution in [2.75, 3.05) is 61.9 Å². The van der Waals surface area contributed by atoms with Gasteiger partial charge < -0.3 is 43.4 Å². The normalized spacial score (nSPS) is 11.2. The average molecular weight is 1200 g/mol. The van der Waals surface area contributed by atoms with Crippen LogP contribution in [0, 0.1) is 17.5 Å². The summed E-state index contributed by atoms with van der Waals surface area (Å²) in [4.78, 5) is 9.38. The zero-order chi connectivity index (χ0) is 59.4. The van der Waals surface area contributed by atoms with Gasteiger partial charge >= 0.3 is 0 Å². The fourth-order valence-electron chi connectivity index (χ4n) is 9.87. The van der Waals surface area contributed by atoms with Gasteiger partial charge in [0.05, 0.1) is 16.6 Å². The minimum atomic E-state index is -0.301. The summed E-state index contributed by atoms with van der Waals surface area (Å²) in [5.41, 5.74) is 10.5. The maximum Gasteiger partial charge on any atom is 0.147 e. The molecule has 3 heterocycles. The van der Waals surface area contributed by atoms with E-state index < -0.39 is 0 Å². The molecule has 11 rings (SSSR count). The van der Waals surface area contributed by atoms with Crippen molar-refractivity contribution < 1.29 is 27.8 Å². The lowest BCUT2D eigenvalue weighted by molar-refractivity contribution is 0.309. The Morgan fingerprint density at radius 1 is 0.429 bits per heavy atom. The molecule has 0 aliphatic rings. The number of nitrogens with zero attached hydrogens (tertiary/aromatic N) is 5. The van der Waals surface area contributed by atoms with Gasteiger partial charge in [-0.05, 0) is 142 Å². The second kappa shape index (κ2) is 31.0. The van der Waals surface area contributed by atoms with Crippen LogP contribution < -0.4 is 9.47 Å². The first-order valence-electron chi connectivity index (χ1n) is 28.3. The second-order valence-corrected chi connectivity index (χ2v) is 22.1. The van der Waals surface area contributed by atoms with E-state index in [2.05, 4.69) is 80.2 Å². The number of benzene rings is 8. The van der Waals surface area contributed by atoms with Crippen molar-refractivity contribution in [3.8, 4) is 17.2 Å². The molecule has 13 heteroatoms. The molecule has 0 aliphatic heterocycles. The molecule has 0 saturated carbocycles. The molecule has 0 saturated heterocycles. The zero-order valence-corrected chi connectivity index (χ0v) is 50.5. The molecule has 11 aromatic rings. The lowest BCUT2D eigenvalue weighted by atomic mass is 10.1. The largest absolute Gasteiger partial charge is 0.507 e. The summed E-state index contributed by atoms with van der Waals surface area (Å²) in [6, 6.07) is 59.6. The third-order valence-corrected chi connectivity index (χ3v) is 14.9. The minimum absolute atomic E-state index is 0.141. The molecule has 9 nitrogen and oxygen atoms in total. The van der Waals surface area contributed by atoms with Crippen molar-refractivity contribution in [1.82, 2.24) is 28.8 Å². The number of aromatic amines is 1. The molecule has 0 bridgehead atoms. The first-order valence-corrected chi connectivity index (χ1v) is 29.4. The zero-order valence-electron chi connectivity index (χ0n) is 48.9. The fourth-order valence-corrected chi connectivity index (χ4v) is 10.2. The molecule has 0 atom stereocenters. The third-order valence-electron chi connectivity index (χ3n) is 14.2. The molecule has 436 valence electrons. The van der Waals surface area contributed by atoms with Crippen LogP contribution in [0.3, 0.4) is 0 Å². The van der Waals surface area contributed by atoms with E-state index in [1.165, 1.54) is 29.8 Å². The lowest BCUT2D eigenvalue weighted by Crippen LogP contribution is -2.15. The number of aromatic hydroxyl groups is 1. The quantitative estimate of drug-likeness (QED) is 0.0741. The molecular formula is C71H76BrF3N6O3. The van der Waals surface area contributed by atoms with Crippen LogP contribution in [-0.4, -0.2) is 95.8 Å². The number of H-pyrrole nitrogens is 1. The van der Waals surface area contributed by atoms with Gasteiger partial charge in [0.15, 0.2) is 0 Å². The van der Waals surface area contributed by atoms with Gasteiger partial charge in [-0.2, -0.15) is 0 Å². The molecule has 0 fully saturated rings. The van der Waals surface area contributed by atoms with Crippen LogP contribution >= 0.6 is 15.9 Å². The molecule has 0 spiro atoms. The van der Waals surface area contributed by atoms with Crippen LogP contribution in [0.4, 0.5) is 13.2 Å². The number of ether oxygens (including phenoxy) is 2. The first kappa shape index (κ1) is 62.0. The van der Waals surface area contributed by atoms with Crippen molar-refractivity contribution in [2.45, 2.75) is 50.9 Å². The van der Waals surface area contributed by atoms with Crippen LogP contribution in [0.5, 0.6) is 17.2 Å². The molecule has 0 radical (unpaired) electrons. The highest BCUT2D eigenvalue weighted by Gasteiger charge is 2.20. The number of rotatable bonds is 20. The SMILES string of the molecule is BrCc1ccccc1.CN(C)CCc1c[nH]c2c(F)ccc(OCc3ccccc3)c12.CN(C)CCc1cn(Cc2ccccc2)c2c(F)ccc(O)c12.CN(C)CCc1cn(Cc2ccccc2)c2c(F)ccc(OCc3ccccc3)c12. The van der Waals surface area contributed by atoms with Gasteiger partial charge in [-0.3, -0.25) is 0 Å². The summed E-state index contributed by atoms with van der Waals surface area (Å²) in [6.07, 6.45) is 8.37. The number of alkyl halides is 1. The molecule has 0 amide bonds. The number of hydrogen-bond donors (Lipinski definition) is 2. The Kier molecular flexibility index (Phi) is 22.9. The van der Waals surface area contributed by atoms with Crippen molar-refractivity contribution in [2.24, 2.45) is 0 Å². The number of hydrogen-bond acceptors (Lipinski definition) is 6. The summed E-state index contributed by atoms with van der Waals surface area (Å²) in [6.45, 7) is 4.78. The highest BCUT2D eigenvalue weighted by atomic mass is 79.9. The fraction of sp³-hybridized carbons (Fsp3) is 0.239. The van der Waals surface area contributed by atoms with Crippen LogP contribution in [0.25, 0.3) is 32.7 Å². The Morgan fingerprint density at radius 3 is 1.23 bits per heavy atom. The van der Waals surface area contributed by atoms with E-state index in [0.29, 0.717) is 48.2 Å². The molecule has 0 aliphatic carbocycles. The Hall–Kier alpha value is -8.07. The predicted molar refractivity (Wildman–Crippen MR) is 342 cm³/mol. The molecule has 84 heavy (non-hydrogen) atoms. The van der Waals surface area contributed by atoms with Gasteiger partial charge in [0.1, 0.15) is 47.9 Å². The number of phenolic OH excluding ortho intramolecular Hbond substituents is 1. The summed E-state index contributed by atoms with van der Waals surface area (Å²) < 4.78 is 59.5. The van der Waals surface area contributed by atoms with Crippen LogP contribution in [0.1, 0.15) is 44.5 Å². The summed E-state index contributed by atoms with van der Waals surface area (Å²) in [5, 5.41) is 13.5. The highest BCUT2D eigenvalue weighted by molar-refractivity contribution is 9.08. The molecule has 3 aromatic heterocycles. The summed E-state index contributed by atoms with van der Waals surface area (Å²) in [7, 11) is 12.2. The van der Waals surface area contributed by atoms with E-state index in [0.717, 1.165) is 105 Å². The van der Waals surface area contributed by atoms with Crippen LogP contribution in [-0.2, 0) is 50.9 Å². The van der Waals surface area contributed by atoms with E-state index >= 15 is 4.39 Å². The van der Waals surface area contributed by atoms with Gasteiger partial charge in [-0.25, -0.2) is 13.2 Å². The molecule has 8 aromatic carbocycles. The maximum absolute atomic E-state index is 15.0. The molecule has 0 unspecified atom stereocenters. The van der Waals surface area contributed by atoms with Crippen molar-refractivity contribution in [3.05, 3.63) is 269 Å². The first-order chi connectivity index (χ1) is 40.8. The lowest BCUT2D eigenvalue weighted by Gasteiger charge is -2.12. The Balaban J connectivity index is 0.000000155. The van der Waals surface area contributed by atoms with Crippen molar-refractivity contribution in [1.29, 1.82) is 0 Å². The number of phenols is 1. The number of fused-ring (bicyclic) bond motifs is 3. The average Bonchev–Trinajstić information content (AvgIpc) is 3.65. The Bertz CT molecular complexity index is 3760. The summed E-state index contributed by atoms with van der Waals surface area (Å²) in [5.74, 6) is 0.829. The number of halogens is 4. The van der Waals surface area contributed by atoms with Gasteiger partial charge in [0.25, 0.3) is 0 Å². The van der Waals surface area contributed by atoms with E-state index in [9.17, 15) is 13.9 Å². The van der Waals surface area contributed by atoms with Crippen LogP contribution in [0.15, 0.2) is 207 Å². The smallest absolute Gasteiger partial charge is 0.147 e. The van der Waals surface area contributed by atoms with Gasteiger partial charge in [0, 0.05) is 72.8 Å². The molecule has 2 N–H and O–H groups in total. The van der Waals surface area contributed by atoms with E-state index in [1.54, 1.807) is 12.1 Å². The maximum atomic E-state index is 15.0. The number of nitrogens with one attached hydrogen (secondary N) is 1. The van der Waals surface area contributed by atoms with Gasteiger partial charge in [-0.1, -0.05) is 168 Å². The van der Waals surface area contributed by atoms with E-state index in [4.69, 9.17) is 9.47 Å². The Morgan fingerprint density at radius 2 is 0.798 bits per heavy atom. The minimum Gasteiger partial charge on any atom is -0.507 e. The number of aromatic nitrogens is 3. The van der Waals surface area contributed by atoms with Crippen molar-refractivity contribution in [3.63, 3.8) is 0 Å². The van der Waals surface area contributed by atoms with Crippen molar-refractivity contribution >= 4 is 48.6 Å².